The van der Waals surface area contributed by atoms with Crippen LogP contribution in [0.15, 0.2) is 24.3 Å². The van der Waals surface area contributed by atoms with Crippen molar-refractivity contribution in [2.24, 2.45) is 5.92 Å². The highest BCUT2D eigenvalue weighted by Crippen LogP contribution is 2.22. The third-order valence-electron chi connectivity index (χ3n) is 5.27. The maximum absolute atomic E-state index is 12.1. The second-order valence-corrected chi connectivity index (χ2v) is 9.51. The topological polar surface area (TPSA) is 87.7 Å². The van der Waals surface area contributed by atoms with E-state index in [-0.39, 0.29) is 11.9 Å². The highest BCUT2D eigenvalue weighted by atomic mass is 32.2. The summed E-state index contributed by atoms with van der Waals surface area (Å²) in [5, 5.41) is 5.63. The molecule has 1 aliphatic carbocycles. The van der Waals surface area contributed by atoms with Gasteiger partial charge in [-0.1, -0.05) is 25.0 Å². The first-order valence-electron chi connectivity index (χ1n) is 9.60. The Morgan fingerprint density at radius 3 is 2.52 bits per heavy atom. The molecule has 0 aromatic heterocycles. The van der Waals surface area contributed by atoms with Crippen LogP contribution in [-0.4, -0.2) is 50.7 Å². The summed E-state index contributed by atoms with van der Waals surface area (Å²) in [4.78, 5) is 12.1. The van der Waals surface area contributed by atoms with Gasteiger partial charge in [-0.15, -0.1) is 0 Å². The van der Waals surface area contributed by atoms with E-state index < -0.39 is 10.0 Å². The number of carbonyl (C=O) groups is 1. The molecule has 8 heteroatoms. The molecule has 0 unspecified atom stereocenters. The van der Waals surface area contributed by atoms with E-state index in [4.69, 9.17) is 4.74 Å². The third kappa shape index (κ3) is 6.19. The molecular formula is C19H29N3O4S. The highest BCUT2D eigenvalue weighted by molar-refractivity contribution is 7.88. The van der Waals surface area contributed by atoms with E-state index in [1.165, 1.54) is 23.4 Å². The van der Waals surface area contributed by atoms with Crippen molar-refractivity contribution in [1.29, 1.82) is 0 Å². The SMILES string of the molecule is CS(=O)(=O)N1CC[C@@H](CNC(=O)Nc2ccc(COC3CCCC3)cc2)C1. The van der Waals surface area contributed by atoms with Crippen LogP contribution >= 0.6 is 0 Å². The van der Waals surface area contributed by atoms with Crippen LogP contribution in [0.25, 0.3) is 0 Å². The van der Waals surface area contributed by atoms with Gasteiger partial charge in [0.25, 0.3) is 0 Å². The van der Waals surface area contributed by atoms with Crippen molar-refractivity contribution < 1.29 is 17.9 Å². The van der Waals surface area contributed by atoms with E-state index in [1.807, 2.05) is 24.3 Å². The summed E-state index contributed by atoms with van der Waals surface area (Å²) >= 11 is 0. The molecule has 0 radical (unpaired) electrons. The molecule has 1 aromatic rings. The van der Waals surface area contributed by atoms with Gasteiger partial charge < -0.3 is 15.4 Å². The average molecular weight is 396 g/mol. The van der Waals surface area contributed by atoms with Crippen LogP contribution in [0.5, 0.6) is 0 Å². The van der Waals surface area contributed by atoms with Crippen molar-refractivity contribution in [3.05, 3.63) is 29.8 Å². The van der Waals surface area contributed by atoms with E-state index in [0.29, 0.717) is 32.3 Å². The van der Waals surface area contributed by atoms with Crippen LogP contribution < -0.4 is 10.6 Å². The fourth-order valence-electron chi connectivity index (χ4n) is 3.63. The standard InChI is InChI=1S/C19H29N3O4S/c1-27(24,25)22-11-10-16(13-22)12-20-19(23)21-17-8-6-15(7-9-17)14-26-18-4-2-3-5-18/h6-9,16,18H,2-5,10-14H2,1H3,(H2,20,21,23)/t16-/m0/s1. The van der Waals surface area contributed by atoms with Crippen molar-refractivity contribution in [2.45, 2.75) is 44.8 Å². The zero-order valence-electron chi connectivity index (χ0n) is 15.8. The van der Waals surface area contributed by atoms with Crippen molar-refractivity contribution in [1.82, 2.24) is 9.62 Å². The Morgan fingerprint density at radius 1 is 1.19 bits per heavy atom. The first kappa shape index (κ1) is 20.1. The minimum absolute atomic E-state index is 0.153. The van der Waals surface area contributed by atoms with Crippen LogP contribution in [0, 0.1) is 5.92 Å². The minimum atomic E-state index is -3.14. The molecule has 1 saturated carbocycles. The first-order valence-corrected chi connectivity index (χ1v) is 11.5. The highest BCUT2D eigenvalue weighted by Gasteiger charge is 2.28. The van der Waals surface area contributed by atoms with Crippen LogP contribution in [0.4, 0.5) is 10.5 Å². The molecule has 2 amide bonds. The number of ether oxygens (including phenoxy) is 1. The zero-order chi connectivity index (χ0) is 19.3. The van der Waals surface area contributed by atoms with Gasteiger partial charge in [0.2, 0.25) is 10.0 Å². The van der Waals surface area contributed by atoms with E-state index >= 15 is 0 Å². The number of nitrogens with one attached hydrogen (secondary N) is 2. The van der Waals surface area contributed by atoms with Gasteiger partial charge in [-0.3, -0.25) is 0 Å². The van der Waals surface area contributed by atoms with Crippen molar-refractivity contribution in [3.8, 4) is 0 Å². The van der Waals surface area contributed by atoms with Crippen LogP contribution in [0.1, 0.15) is 37.7 Å². The molecular weight excluding hydrogens is 366 g/mol. The van der Waals surface area contributed by atoms with Gasteiger partial charge in [0.05, 0.1) is 19.0 Å². The van der Waals surface area contributed by atoms with Crippen molar-refractivity contribution in [3.63, 3.8) is 0 Å². The molecule has 1 saturated heterocycles. The summed E-state index contributed by atoms with van der Waals surface area (Å²) in [7, 11) is -3.14. The zero-order valence-corrected chi connectivity index (χ0v) is 16.6. The summed E-state index contributed by atoms with van der Waals surface area (Å²) in [5.41, 5.74) is 1.82. The van der Waals surface area contributed by atoms with E-state index in [2.05, 4.69) is 10.6 Å². The fraction of sp³-hybridized carbons (Fsp3) is 0.632. The summed E-state index contributed by atoms with van der Waals surface area (Å²) in [5.74, 6) is 0.153. The van der Waals surface area contributed by atoms with Crippen LogP contribution in [0.2, 0.25) is 0 Å². The lowest BCUT2D eigenvalue weighted by molar-refractivity contribution is 0.0457. The summed E-state index contributed by atoms with van der Waals surface area (Å²) in [6, 6.07) is 7.39. The Hall–Kier alpha value is -1.64. The van der Waals surface area contributed by atoms with Gasteiger partial charge in [0.1, 0.15) is 0 Å². The van der Waals surface area contributed by atoms with Gasteiger partial charge in [-0.25, -0.2) is 17.5 Å². The number of hydrogen-bond donors (Lipinski definition) is 2. The maximum Gasteiger partial charge on any atom is 0.319 e. The Balaban J connectivity index is 1.37. The molecule has 2 fully saturated rings. The summed E-state index contributed by atoms with van der Waals surface area (Å²) < 4.78 is 30.4. The molecule has 27 heavy (non-hydrogen) atoms. The van der Waals surface area contributed by atoms with E-state index in [0.717, 1.165) is 30.5 Å². The number of carbonyl (C=O) groups excluding carboxylic acids is 1. The van der Waals surface area contributed by atoms with Gasteiger partial charge in [0.15, 0.2) is 0 Å². The normalized spacial score (nSPS) is 21.4. The number of urea groups is 1. The van der Waals surface area contributed by atoms with Crippen LogP contribution in [0.3, 0.4) is 0 Å². The quantitative estimate of drug-likeness (QED) is 0.743. The molecule has 1 atom stereocenters. The van der Waals surface area contributed by atoms with Gasteiger partial charge in [-0.2, -0.15) is 0 Å². The number of benzene rings is 1. The largest absolute Gasteiger partial charge is 0.374 e. The number of rotatable bonds is 7. The van der Waals surface area contributed by atoms with Gasteiger partial charge in [-0.05, 0) is 42.9 Å². The number of nitrogens with zero attached hydrogens (tertiary/aromatic N) is 1. The molecule has 150 valence electrons. The molecule has 1 aliphatic heterocycles. The lowest BCUT2D eigenvalue weighted by atomic mass is 10.1. The second kappa shape index (κ2) is 9.03. The molecule has 1 aromatic carbocycles. The molecule has 7 nitrogen and oxygen atoms in total. The van der Waals surface area contributed by atoms with Gasteiger partial charge >= 0.3 is 6.03 Å². The molecule has 0 spiro atoms. The molecule has 0 bridgehead atoms. The Labute approximate surface area is 161 Å². The number of hydrogen-bond acceptors (Lipinski definition) is 4. The first-order chi connectivity index (χ1) is 12.9. The van der Waals surface area contributed by atoms with Crippen LogP contribution in [-0.2, 0) is 21.4 Å². The summed E-state index contributed by atoms with van der Waals surface area (Å²) in [6.45, 7) is 2.06. The van der Waals surface area contributed by atoms with Crippen molar-refractivity contribution in [2.75, 3.05) is 31.2 Å². The molecule has 1 heterocycles. The monoisotopic (exact) mass is 395 g/mol. The molecule has 2 N–H and O–H groups in total. The smallest absolute Gasteiger partial charge is 0.319 e. The molecule has 3 rings (SSSR count). The third-order valence-corrected chi connectivity index (χ3v) is 6.54. The lowest BCUT2D eigenvalue weighted by Gasteiger charge is -2.14. The van der Waals surface area contributed by atoms with Crippen molar-refractivity contribution >= 4 is 21.7 Å². The predicted octanol–water partition coefficient (Wildman–Crippen LogP) is 2.55. The summed E-state index contributed by atoms with van der Waals surface area (Å²) in [6.07, 6.45) is 7.21. The number of anilines is 1. The average Bonchev–Trinajstić information content (AvgIpc) is 3.31. The second-order valence-electron chi connectivity index (χ2n) is 7.53. The Morgan fingerprint density at radius 2 is 1.89 bits per heavy atom. The molecule has 2 aliphatic rings. The fourth-order valence-corrected chi connectivity index (χ4v) is 4.55. The Kier molecular flexibility index (Phi) is 6.73. The minimum Gasteiger partial charge on any atom is -0.374 e. The van der Waals surface area contributed by atoms with E-state index in [9.17, 15) is 13.2 Å². The lowest BCUT2D eigenvalue weighted by Crippen LogP contribution is -2.35. The number of amides is 2. The van der Waals surface area contributed by atoms with E-state index in [1.54, 1.807) is 0 Å². The maximum atomic E-state index is 12.1. The Bertz CT molecular complexity index is 730. The number of sulfonamides is 1. The predicted molar refractivity (Wildman–Crippen MR) is 105 cm³/mol. The van der Waals surface area contributed by atoms with Gasteiger partial charge in [0, 0.05) is 25.3 Å².